The van der Waals surface area contributed by atoms with Gasteiger partial charge in [-0.25, -0.2) is 4.79 Å². The van der Waals surface area contributed by atoms with Crippen LogP contribution in [0, 0.1) is 0 Å². The van der Waals surface area contributed by atoms with Crippen molar-refractivity contribution in [3.63, 3.8) is 0 Å². The summed E-state index contributed by atoms with van der Waals surface area (Å²) in [5.41, 5.74) is 1.29. The first-order valence-corrected chi connectivity index (χ1v) is 5.16. The molecule has 6 heteroatoms. The van der Waals surface area contributed by atoms with Crippen molar-refractivity contribution in [2.24, 2.45) is 0 Å². The molecule has 0 saturated carbocycles. The van der Waals surface area contributed by atoms with Crippen LogP contribution >= 0.6 is 0 Å². The van der Waals surface area contributed by atoms with Crippen molar-refractivity contribution in [3.8, 4) is 11.4 Å². The number of nitrogens with one attached hydrogen (secondary N) is 1. The fourth-order valence-electron chi connectivity index (χ4n) is 1.65. The highest BCUT2D eigenvalue weighted by molar-refractivity contribution is 5.88. The van der Waals surface area contributed by atoms with E-state index < -0.39 is 11.9 Å². The van der Waals surface area contributed by atoms with E-state index in [4.69, 9.17) is 10.2 Å². The number of hydrogen-bond acceptors (Lipinski definition) is 3. The number of rotatable bonds is 4. The molecule has 0 radical (unpaired) electrons. The maximum absolute atomic E-state index is 10.9. The number of hydrogen-bond donors (Lipinski definition) is 3. The van der Waals surface area contributed by atoms with Gasteiger partial charge in [0.1, 0.15) is 5.69 Å². The maximum Gasteiger partial charge on any atom is 0.352 e. The lowest BCUT2D eigenvalue weighted by molar-refractivity contribution is -0.136. The summed E-state index contributed by atoms with van der Waals surface area (Å²) >= 11 is 0. The van der Waals surface area contributed by atoms with E-state index in [1.807, 2.05) is 0 Å². The van der Waals surface area contributed by atoms with Crippen molar-refractivity contribution < 1.29 is 19.8 Å². The molecule has 0 fully saturated rings. The molecule has 6 nitrogen and oxygen atoms in total. The Morgan fingerprint density at radius 2 is 2.06 bits per heavy atom. The zero-order valence-corrected chi connectivity index (χ0v) is 9.25. The van der Waals surface area contributed by atoms with Gasteiger partial charge in [-0.15, -0.1) is 0 Å². The Morgan fingerprint density at radius 1 is 1.28 bits per heavy atom. The largest absolute Gasteiger partial charge is 0.481 e. The highest BCUT2D eigenvalue weighted by Crippen LogP contribution is 2.22. The molecule has 2 heterocycles. The Bertz CT molecular complexity index is 589. The first kappa shape index (κ1) is 11.8. The number of H-pyrrole nitrogens is 1. The molecule has 0 aliphatic carbocycles. The average Bonchev–Trinajstić information content (AvgIpc) is 2.73. The predicted molar refractivity (Wildman–Crippen MR) is 62.3 cm³/mol. The van der Waals surface area contributed by atoms with Crippen LogP contribution in [0.3, 0.4) is 0 Å². The molecule has 0 aromatic carbocycles. The quantitative estimate of drug-likeness (QED) is 0.756. The number of aliphatic carboxylic acids is 1. The topological polar surface area (TPSA) is 103 Å². The normalized spacial score (nSPS) is 10.2. The van der Waals surface area contributed by atoms with E-state index in [9.17, 15) is 9.59 Å². The third-order valence-corrected chi connectivity index (χ3v) is 2.39. The second-order valence-corrected chi connectivity index (χ2v) is 3.67. The van der Waals surface area contributed by atoms with Gasteiger partial charge in [0.05, 0.1) is 17.8 Å². The van der Waals surface area contributed by atoms with Crippen molar-refractivity contribution in [2.45, 2.75) is 6.42 Å². The number of carboxylic acids is 2. The van der Waals surface area contributed by atoms with Gasteiger partial charge in [0.25, 0.3) is 0 Å². The number of pyridine rings is 1. The molecule has 0 aliphatic rings. The van der Waals surface area contributed by atoms with Crippen molar-refractivity contribution >= 4 is 11.9 Å². The molecule has 18 heavy (non-hydrogen) atoms. The Balaban J connectivity index is 2.50. The summed E-state index contributed by atoms with van der Waals surface area (Å²) in [6.07, 6.45) is 1.30. The number of carbonyl (C=O) groups is 2. The van der Waals surface area contributed by atoms with Crippen LogP contribution in [-0.4, -0.2) is 32.1 Å². The number of aromatic carboxylic acids is 1. The van der Waals surface area contributed by atoms with E-state index in [0.717, 1.165) is 0 Å². The smallest absolute Gasteiger partial charge is 0.352 e. The fourth-order valence-corrected chi connectivity index (χ4v) is 1.65. The van der Waals surface area contributed by atoms with Crippen molar-refractivity contribution in [2.75, 3.05) is 0 Å². The van der Waals surface area contributed by atoms with Crippen LogP contribution < -0.4 is 0 Å². The summed E-state index contributed by atoms with van der Waals surface area (Å²) in [5, 5.41) is 17.7. The number of aromatic amines is 1. The molecular weight excluding hydrogens is 236 g/mol. The van der Waals surface area contributed by atoms with E-state index in [0.29, 0.717) is 17.0 Å². The third-order valence-electron chi connectivity index (χ3n) is 2.39. The minimum atomic E-state index is -1.14. The van der Waals surface area contributed by atoms with Crippen LogP contribution in [0.25, 0.3) is 11.4 Å². The van der Waals surface area contributed by atoms with Gasteiger partial charge < -0.3 is 15.2 Å². The van der Waals surface area contributed by atoms with Gasteiger partial charge in [-0.05, 0) is 23.8 Å². The summed E-state index contributed by atoms with van der Waals surface area (Å²) in [7, 11) is 0. The summed E-state index contributed by atoms with van der Waals surface area (Å²) in [4.78, 5) is 28.4. The zero-order chi connectivity index (χ0) is 13.1. The lowest BCUT2D eigenvalue weighted by atomic mass is 10.1. The summed E-state index contributed by atoms with van der Waals surface area (Å²) in [6, 6.07) is 6.47. The molecule has 2 aromatic heterocycles. The van der Waals surface area contributed by atoms with Gasteiger partial charge in [0, 0.05) is 6.20 Å². The second kappa shape index (κ2) is 4.70. The number of carboxylic acid groups (broad SMARTS) is 2. The lowest BCUT2D eigenvalue weighted by Crippen LogP contribution is -2.00. The minimum absolute atomic E-state index is 0.0492. The van der Waals surface area contributed by atoms with Gasteiger partial charge >= 0.3 is 11.9 Å². The Labute approximate surface area is 102 Å². The zero-order valence-electron chi connectivity index (χ0n) is 9.25. The average molecular weight is 246 g/mol. The molecule has 0 unspecified atom stereocenters. The van der Waals surface area contributed by atoms with Crippen LogP contribution in [0.2, 0.25) is 0 Å². The van der Waals surface area contributed by atoms with Gasteiger partial charge in [-0.3, -0.25) is 9.78 Å². The molecule has 0 amide bonds. The molecule has 2 rings (SSSR count). The van der Waals surface area contributed by atoms with E-state index >= 15 is 0 Å². The lowest BCUT2D eigenvalue weighted by Gasteiger charge is -2.00. The Hall–Kier alpha value is -2.63. The highest BCUT2D eigenvalue weighted by atomic mass is 16.4. The molecule has 0 saturated heterocycles. The molecule has 0 bridgehead atoms. The van der Waals surface area contributed by atoms with Crippen LogP contribution in [0.1, 0.15) is 16.1 Å². The molecule has 0 aliphatic heterocycles. The first-order chi connectivity index (χ1) is 8.58. The van der Waals surface area contributed by atoms with E-state index in [2.05, 4.69) is 9.97 Å². The van der Waals surface area contributed by atoms with E-state index in [-0.39, 0.29) is 12.1 Å². The number of nitrogens with zero attached hydrogens (tertiary/aromatic N) is 1. The van der Waals surface area contributed by atoms with Gasteiger partial charge in [0.15, 0.2) is 0 Å². The highest BCUT2D eigenvalue weighted by Gasteiger charge is 2.16. The number of aromatic nitrogens is 2. The van der Waals surface area contributed by atoms with Crippen LogP contribution in [0.5, 0.6) is 0 Å². The van der Waals surface area contributed by atoms with E-state index in [1.165, 1.54) is 6.07 Å². The molecular formula is C12H10N2O4. The maximum atomic E-state index is 10.9. The van der Waals surface area contributed by atoms with Crippen molar-refractivity contribution in [3.05, 3.63) is 41.7 Å². The van der Waals surface area contributed by atoms with Crippen LogP contribution in [0.15, 0.2) is 30.5 Å². The van der Waals surface area contributed by atoms with Gasteiger partial charge in [-0.1, -0.05) is 6.07 Å². The summed E-state index contributed by atoms with van der Waals surface area (Å²) in [5.74, 6) is -2.16. The van der Waals surface area contributed by atoms with Gasteiger partial charge in [-0.2, -0.15) is 0 Å². The van der Waals surface area contributed by atoms with Crippen molar-refractivity contribution in [1.82, 2.24) is 9.97 Å². The molecule has 92 valence electrons. The molecule has 2 aromatic rings. The van der Waals surface area contributed by atoms with Gasteiger partial charge in [0.2, 0.25) is 0 Å². The van der Waals surface area contributed by atoms with Crippen LogP contribution in [-0.2, 0) is 11.2 Å². The van der Waals surface area contributed by atoms with Crippen LogP contribution in [0.4, 0.5) is 0 Å². The van der Waals surface area contributed by atoms with E-state index in [1.54, 1.807) is 24.4 Å². The first-order valence-electron chi connectivity index (χ1n) is 5.16. The summed E-state index contributed by atoms with van der Waals surface area (Å²) < 4.78 is 0. The Kier molecular flexibility index (Phi) is 3.09. The van der Waals surface area contributed by atoms with Crippen molar-refractivity contribution in [1.29, 1.82) is 0 Å². The molecule has 3 N–H and O–H groups in total. The SMILES string of the molecule is O=C(O)Cc1cc(C(=O)O)[nH]c1-c1ccccn1. The minimum Gasteiger partial charge on any atom is -0.481 e. The molecule has 0 atom stereocenters. The second-order valence-electron chi connectivity index (χ2n) is 3.67. The Morgan fingerprint density at radius 3 is 2.61 bits per heavy atom. The third kappa shape index (κ3) is 2.37. The monoisotopic (exact) mass is 246 g/mol. The summed E-state index contributed by atoms with van der Waals surface area (Å²) in [6.45, 7) is 0. The standard InChI is InChI=1S/C12H10N2O4/c15-10(16)6-7-5-9(12(17)18)14-11(7)8-3-1-2-4-13-8/h1-5,14H,6H2,(H,15,16)(H,17,18). The fraction of sp³-hybridized carbons (Fsp3) is 0.0833. The molecule has 0 spiro atoms. The predicted octanol–water partition coefficient (Wildman–Crippen LogP) is 1.40.